The predicted octanol–water partition coefficient (Wildman–Crippen LogP) is 3.75. The quantitative estimate of drug-likeness (QED) is 0.308. The van der Waals surface area contributed by atoms with Gasteiger partial charge in [0.25, 0.3) is 0 Å². The van der Waals surface area contributed by atoms with Crippen LogP contribution in [0.5, 0.6) is 0 Å². The van der Waals surface area contributed by atoms with E-state index in [0.717, 1.165) is 61.4 Å². The molecule has 8 heteroatoms. The second-order valence-corrected chi connectivity index (χ2v) is 8.43. The van der Waals surface area contributed by atoms with Crippen LogP contribution in [-0.4, -0.2) is 60.4 Å². The van der Waals surface area contributed by atoms with Crippen LogP contribution in [0.4, 0.5) is 11.5 Å². The molecule has 2 aromatic carbocycles. The van der Waals surface area contributed by atoms with Gasteiger partial charge in [0.2, 0.25) is 0 Å². The molecule has 0 saturated carbocycles. The third-order valence-electron chi connectivity index (χ3n) is 6.36. The Labute approximate surface area is 204 Å². The van der Waals surface area contributed by atoms with Gasteiger partial charge in [0.1, 0.15) is 11.4 Å². The first kappa shape index (κ1) is 24.0. The number of piperazine rings is 1. The molecule has 3 heterocycles. The number of anilines is 2. The normalized spacial score (nSPS) is 16.5. The molecule has 1 fully saturated rings. The van der Waals surface area contributed by atoms with Crippen molar-refractivity contribution in [3.8, 4) is 0 Å². The van der Waals surface area contributed by atoms with Crippen LogP contribution in [-0.2, 0) is 0 Å². The smallest absolute Gasteiger partial charge is 0.338 e. The molecule has 0 radical (unpaired) electrons. The van der Waals surface area contributed by atoms with Crippen molar-refractivity contribution in [2.24, 2.45) is 0 Å². The number of hydrogen-bond donors (Lipinski definition) is 2. The van der Waals surface area contributed by atoms with Crippen molar-refractivity contribution >= 4 is 45.7 Å². The van der Waals surface area contributed by atoms with Gasteiger partial charge < -0.3 is 19.7 Å². The molecule has 1 aliphatic rings. The number of rotatable bonds is 7. The highest BCUT2D eigenvalue weighted by Crippen LogP contribution is 2.26. The van der Waals surface area contributed by atoms with Gasteiger partial charge in [-0.25, -0.2) is 9.78 Å². The fourth-order valence-electron chi connectivity index (χ4n) is 4.67. The lowest BCUT2D eigenvalue weighted by Gasteiger charge is -2.41. The summed E-state index contributed by atoms with van der Waals surface area (Å²) in [4.78, 5) is 21.1. The first-order chi connectivity index (χ1) is 16.2. The van der Waals surface area contributed by atoms with Gasteiger partial charge in [-0.15, -0.1) is 12.4 Å². The zero-order valence-corrected chi connectivity index (χ0v) is 19.7. The summed E-state index contributed by atoms with van der Waals surface area (Å²) in [5, 5.41) is 16.7. The third-order valence-corrected chi connectivity index (χ3v) is 6.36. The van der Waals surface area contributed by atoms with Crippen LogP contribution in [0.1, 0.15) is 6.42 Å². The Balaban J connectivity index is 0.00000274. The topological polar surface area (TPSA) is 81.8 Å². The fraction of sp³-hybridized carbons (Fsp3) is 0.308. The zero-order valence-electron chi connectivity index (χ0n) is 18.9. The number of nitrogens with one attached hydrogen (secondary N) is 1. The summed E-state index contributed by atoms with van der Waals surface area (Å²) in [6.07, 6.45) is 2.76. The number of pyridine rings is 1. The number of nitrogens with zero attached hydrogens (tertiary/aromatic N) is 3. The monoisotopic (exact) mass is 480 g/mol. The SMILES string of the molecule is Cl.O=c1cc(NCCCN2CCN(c3nccc4ccccc34)CC2CO)c2ccccc2o1. The molecule has 0 spiro atoms. The van der Waals surface area contributed by atoms with Crippen LogP contribution in [0.3, 0.4) is 0 Å². The maximum Gasteiger partial charge on any atom is 0.338 e. The standard InChI is InChI=1S/C26H28N4O3.ClH/c31-18-20-17-30(26-21-7-2-1-6-19(21)10-12-28-26)15-14-29(20)13-5-11-27-23-16-25(32)33-24-9-4-3-8-22(23)24;/h1-4,6-10,12,16,20,27,31H,5,11,13-15,17-18H2;1H. The van der Waals surface area contributed by atoms with Gasteiger partial charge >= 0.3 is 5.63 Å². The Morgan fingerprint density at radius 3 is 2.71 bits per heavy atom. The van der Waals surface area contributed by atoms with Crippen molar-refractivity contribution in [2.75, 3.05) is 49.5 Å². The van der Waals surface area contributed by atoms with Crippen LogP contribution < -0.4 is 15.8 Å². The largest absolute Gasteiger partial charge is 0.423 e. The maximum absolute atomic E-state index is 11.8. The molecule has 5 rings (SSSR count). The van der Waals surface area contributed by atoms with Crippen molar-refractivity contribution in [1.29, 1.82) is 0 Å². The van der Waals surface area contributed by atoms with Gasteiger partial charge in [0.05, 0.1) is 18.3 Å². The molecule has 2 aromatic heterocycles. The molecule has 178 valence electrons. The maximum atomic E-state index is 11.8. The Morgan fingerprint density at radius 2 is 1.85 bits per heavy atom. The minimum absolute atomic E-state index is 0. The lowest BCUT2D eigenvalue weighted by Crippen LogP contribution is -2.55. The van der Waals surface area contributed by atoms with Gasteiger partial charge in [-0.2, -0.15) is 0 Å². The molecule has 0 amide bonds. The van der Waals surface area contributed by atoms with Gasteiger partial charge in [-0.1, -0.05) is 36.4 Å². The number of benzene rings is 2. The molecule has 1 saturated heterocycles. The second-order valence-electron chi connectivity index (χ2n) is 8.43. The molecule has 34 heavy (non-hydrogen) atoms. The molecule has 1 atom stereocenters. The molecule has 7 nitrogen and oxygen atoms in total. The van der Waals surface area contributed by atoms with Crippen molar-refractivity contribution in [3.63, 3.8) is 0 Å². The molecule has 0 aliphatic carbocycles. The minimum atomic E-state index is -0.352. The van der Waals surface area contributed by atoms with Crippen LogP contribution in [0, 0.1) is 0 Å². The number of fused-ring (bicyclic) bond motifs is 2. The van der Waals surface area contributed by atoms with Crippen LogP contribution in [0.15, 0.2) is 76.1 Å². The Hall–Kier alpha value is -3.13. The van der Waals surface area contributed by atoms with E-state index < -0.39 is 0 Å². The first-order valence-electron chi connectivity index (χ1n) is 11.4. The van der Waals surface area contributed by atoms with Gasteiger partial charge in [0.15, 0.2) is 0 Å². The van der Waals surface area contributed by atoms with Crippen LogP contribution in [0.25, 0.3) is 21.7 Å². The summed E-state index contributed by atoms with van der Waals surface area (Å²) in [6, 6.07) is 19.4. The van der Waals surface area contributed by atoms with E-state index in [-0.39, 0.29) is 30.7 Å². The van der Waals surface area contributed by atoms with Crippen molar-refractivity contribution in [2.45, 2.75) is 12.5 Å². The van der Waals surface area contributed by atoms with E-state index in [4.69, 9.17) is 4.42 Å². The van der Waals surface area contributed by atoms with E-state index in [1.165, 1.54) is 11.5 Å². The van der Waals surface area contributed by atoms with Crippen molar-refractivity contribution in [1.82, 2.24) is 9.88 Å². The van der Waals surface area contributed by atoms with E-state index in [1.54, 1.807) is 6.07 Å². The highest BCUT2D eigenvalue weighted by molar-refractivity contribution is 5.92. The third kappa shape index (κ3) is 5.01. The van der Waals surface area contributed by atoms with E-state index in [1.807, 2.05) is 42.6 Å². The van der Waals surface area contributed by atoms with Gasteiger partial charge in [-0.3, -0.25) is 4.90 Å². The lowest BCUT2D eigenvalue weighted by atomic mass is 10.1. The Kier molecular flexibility index (Phi) is 7.67. The number of aliphatic hydroxyl groups is 1. The number of aromatic nitrogens is 1. The summed E-state index contributed by atoms with van der Waals surface area (Å²) in [5.41, 5.74) is 1.04. The number of para-hydroxylation sites is 1. The summed E-state index contributed by atoms with van der Waals surface area (Å²) in [7, 11) is 0. The van der Waals surface area contributed by atoms with Crippen molar-refractivity contribution in [3.05, 3.63) is 77.3 Å². The summed E-state index contributed by atoms with van der Waals surface area (Å²) in [5.74, 6) is 0.989. The summed E-state index contributed by atoms with van der Waals surface area (Å²) < 4.78 is 5.26. The van der Waals surface area contributed by atoms with Crippen LogP contribution in [0.2, 0.25) is 0 Å². The summed E-state index contributed by atoms with van der Waals surface area (Å²) >= 11 is 0. The van der Waals surface area contributed by atoms with Gasteiger partial charge in [0, 0.05) is 55.8 Å². The fourth-order valence-corrected chi connectivity index (χ4v) is 4.67. The molecule has 2 N–H and O–H groups in total. The molecule has 1 aliphatic heterocycles. The zero-order chi connectivity index (χ0) is 22.6. The number of aliphatic hydroxyl groups excluding tert-OH is 1. The van der Waals surface area contributed by atoms with Crippen molar-refractivity contribution < 1.29 is 9.52 Å². The van der Waals surface area contributed by atoms with Gasteiger partial charge in [-0.05, 0) is 30.0 Å². The Bertz CT molecular complexity index is 1310. The minimum Gasteiger partial charge on any atom is -0.423 e. The molecule has 0 bridgehead atoms. The molecular formula is C26H29ClN4O3. The highest BCUT2D eigenvalue weighted by atomic mass is 35.5. The number of hydrogen-bond acceptors (Lipinski definition) is 7. The molecule has 4 aromatic rings. The van der Waals surface area contributed by atoms with E-state index in [9.17, 15) is 9.90 Å². The van der Waals surface area contributed by atoms with E-state index in [2.05, 4.69) is 32.2 Å². The molecule has 1 unspecified atom stereocenters. The lowest BCUT2D eigenvalue weighted by molar-refractivity contribution is 0.111. The first-order valence-corrected chi connectivity index (χ1v) is 11.4. The average Bonchev–Trinajstić information content (AvgIpc) is 2.86. The highest BCUT2D eigenvalue weighted by Gasteiger charge is 2.27. The predicted molar refractivity (Wildman–Crippen MR) is 139 cm³/mol. The Morgan fingerprint density at radius 1 is 1.06 bits per heavy atom. The van der Waals surface area contributed by atoms with E-state index in [0.29, 0.717) is 5.58 Å². The van der Waals surface area contributed by atoms with Crippen LogP contribution >= 0.6 is 12.4 Å². The summed E-state index contributed by atoms with van der Waals surface area (Å²) in [6.45, 7) is 4.20. The molecular weight excluding hydrogens is 452 g/mol. The van der Waals surface area contributed by atoms with E-state index >= 15 is 0 Å². The number of halogens is 1. The second kappa shape index (κ2) is 10.9. The average molecular weight is 481 g/mol.